The molecule has 0 radical (unpaired) electrons. The van der Waals surface area contributed by atoms with Gasteiger partial charge in [0.05, 0.1) is 16.9 Å². The minimum atomic E-state index is 0.418. The van der Waals surface area contributed by atoms with Crippen LogP contribution in [0.25, 0.3) is 0 Å². The van der Waals surface area contributed by atoms with E-state index in [0.717, 1.165) is 17.1 Å². The SMILES string of the molecule is CCC(C)C(C)Nc1cnccc1Cl. The highest BCUT2D eigenvalue weighted by atomic mass is 35.5. The van der Waals surface area contributed by atoms with Crippen LogP contribution in [0.4, 0.5) is 5.69 Å². The summed E-state index contributed by atoms with van der Waals surface area (Å²) in [6, 6.07) is 2.22. The summed E-state index contributed by atoms with van der Waals surface area (Å²) in [6.07, 6.45) is 4.62. The van der Waals surface area contributed by atoms with Gasteiger partial charge in [-0.25, -0.2) is 0 Å². The Morgan fingerprint density at radius 1 is 1.50 bits per heavy atom. The van der Waals surface area contributed by atoms with E-state index >= 15 is 0 Å². The predicted molar refractivity (Wildman–Crippen MR) is 61.8 cm³/mol. The zero-order valence-electron chi connectivity index (χ0n) is 8.92. The van der Waals surface area contributed by atoms with E-state index in [1.165, 1.54) is 0 Å². The van der Waals surface area contributed by atoms with Gasteiger partial charge in [-0.2, -0.15) is 0 Å². The van der Waals surface area contributed by atoms with Gasteiger partial charge in [0.25, 0.3) is 0 Å². The lowest BCUT2D eigenvalue weighted by Crippen LogP contribution is -2.23. The average Bonchev–Trinajstić information content (AvgIpc) is 2.20. The first-order chi connectivity index (χ1) is 6.65. The summed E-state index contributed by atoms with van der Waals surface area (Å²) in [5.74, 6) is 0.631. The van der Waals surface area contributed by atoms with Gasteiger partial charge in [-0.15, -0.1) is 0 Å². The molecule has 1 N–H and O–H groups in total. The molecule has 78 valence electrons. The van der Waals surface area contributed by atoms with Crippen LogP contribution < -0.4 is 5.32 Å². The first-order valence-electron chi connectivity index (χ1n) is 5.01. The summed E-state index contributed by atoms with van der Waals surface area (Å²) in [4.78, 5) is 4.04. The van der Waals surface area contributed by atoms with Crippen molar-refractivity contribution in [3.63, 3.8) is 0 Å². The number of hydrogen-bond donors (Lipinski definition) is 1. The third-order valence-corrected chi connectivity index (χ3v) is 2.98. The molecule has 0 aromatic carbocycles. The fourth-order valence-electron chi connectivity index (χ4n) is 1.22. The minimum Gasteiger partial charge on any atom is -0.380 e. The van der Waals surface area contributed by atoms with Crippen molar-refractivity contribution in [2.75, 3.05) is 5.32 Å². The van der Waals surface area contributed by atoms with E-state index in [2.05, 4.69) is 31.1 Å². The number of halogens is 1. The van der Waals surface area contributed by atoms with Crippen molar-refractivity contribution in [1.82, 2.24) is 4.98 Å². The van der Waals surface area contributed by atoms with E-state index in [1.54, 1.807) is 18.5 Å². The monoisotopic (exact) mass is 212 g/mol. The molecule has 0 aliphatic heterocycles. The molecule has 14 heavy (non-hydrogen) atoms. The largest absolute Gasteiger partial charge is 0.380 e. The van der Waals surface area contributed by atoms with E-state index in [4.69, 9.17) is 11.6 Å². The third-order valence-electron chi connectivity index (χ3n) is 2.65. The quantitative estimate of drug-likeness (QED) is 0.825. The van der Waals surface area contributed by atoms with Crippen molar-refractivity contribution in [2.24, 2.45) is 5.92 Å². The second-order valence-corrected chi connectivity index (χ2v) is 4.08. The summed E-state index contributed by atoms with van der Waals surface area (Å²) in [5.41, 5.74) is 0.918. The van der Waals surface area contributed by atoms with Gasteiger partial charge in [0.2, 0.25) is 0 Å². The molecule has 2 unspecified atom stereocenters. The van der Waals surface area contributed by atoms with Crippen LogP contribution in [0.15, 0.2) is 18.5 Å². The highest BCUT2D eigenvalue weighted by Crippen LogP contribution is 2.22. The lowest BCUT2D eigenvalue weighted by molar-refractivity contribution is 0.494. The molecule has 1 rings (SSSR count). The topological polar surface area (TPSA) is 24.9 Å². The first-order valence-corrected chi connectivity index (χ1v) is 5.39. The molecule has 1 heterocycles. The molecular weight excluding hydrogens is 196 g/mol. The molecule has 0 amide bonds. The van der Waals surface area contributed by atoms with Crippen LogP contribution in [0.3, 0.4) is 0 Å². The molecule has 2 nitrogen and oxygen atoms in total. The summed E-state index contributed by atoms with van der Waals surface area (Å²) in [6.45, 7) is 6.58. The molecule has 0 bridgehead atoms. The van der Waals surface area contributed by atoms with Gasteiger partial charge in [-0.3, -0.25) is 4.98 Å². The Morgan fingerprint density at radius 2 is 2.21 bits per heavy atom. The number of rotatable bonds is 4. The molecule has 0 aliphatic carbocycles. The van der Waals surface area contributed by atoms with Gasteiger partial charge in [0.15, 0.2) is 0 Å². The Morgan fingerprint density at radius 3 is 2.79 bits per heavy atom. The minimum absolute atomic E-state index is 0.418. The molecule has 2 atom stereocenters. The predicted octanol–water partition coefficient (Wildman–Crippen LogP) is 3.58. The van der Waals surface area contributed by atoms with Crippen molar-refractivity contribution in [2.45, 2.75) is 33.2 Å². The summed E-state index contributed by atoms with van der Waals surface area (Å²) >= 11 is 6.01. The summed E-state index contributed by atoms with van der Waals surface area (Å²) < 4.78 is 0. The fourth-order valence-corrected chi connectivity index (χ4v) is 1.38. The van der Waals surface area contributed by atoms with E-state index in [0.29, 0.717) is 12.0 Å². The second kappa shape index (κ2) is 5.20. The number of nitrogens with zero attached hydrogens (tertiary/aromatic N) is 1. The number of anilines is 1. The van der Waals surface area contributed by atoms with Crippen molar-refractivity contribution in [3.8, 4) is 0 Å². The van der Waals surface area contributed by atoms with E-state index in [9.17, 15) is 0 Å². The molecule has 3 heteroatoms. The van der Waals surface area contributed by atoms with Crippen molar-refractivity contribution in [1.29, 1.82) is 0 Å². The Hall–Kier alpha value is -0.760. The number of aromatic nitrogens is 1. The van der Waals surface area contributed by atoms with Gasteiger partial charge in [0, 0.05) is 12.2 Å². The van der Waals surface area contributed by atoms with E-state index < -0.39 is 0 Å². The lowest BCUT2D eigenvalue weighted by atomic mass is 10.0. The molecular formula is C11H17ClN2. The summed E-state index contributed by atoms with van der Waals surface area (Å²) in [5, 5.41) is 4.10. The fraction of sp³-hybridized carbons (Fsp3) is 0.545. The van der Waals surface area contributed by atoms with Crippen LogP contribution in [0.1, 0.15) is 27.2 Å². The zero-order chi connectivity index (χ0) is 10.6. The van der Waals surface area contributed by atoms with Gasteiger partial charge >= 0.3 is 0 Å². The highest BCUT2D eigenvalue weighted by molar-refractivity contribution is 6.33. The maximum Gasteiger partial charge on any atom is 0.0718 e. The van der Waals surface area contributed by atoms with Crippen LogP contribution in [0.2, 0.25) is 5.02 Å². The number of nitrogens with one attached hydrogen (secondary N) is 1. The maximum absolute atomic E-state index is 6.01. The third kappa shape index (κ3) is 2.88. The molecule has 0 saturated carbocycles. The summed E-state index contributed by atoms with van der Waals surface area (Å²) in [7, 11) is 0. The highest BCUT2D eigenvalue weighted by Gasteiger charge is 2.10. The van der Waals surface area contributed by atoms with Gasteiger partial charge in [0.1, 0.15) is 0 Å². The Bertz CT molecular complexity index is 288. The van der Waals surface area contributed by atoms with Crippen molar-refractivity contribution < 1.29 is 0 Å². The number of pyridine rings is 1. The van der Waals surface area contributed by atoms with Crippen molar-refractivity contribution >= 4 is 17.3 Å². The maximum atomic E-state index is 6.01. The van der Waals surface area contributed by atoms with Crippen molar-refractivity contribution in [3.05, 3.63) is 23.5 Å². The van der Waals surface area contributed by atoms with Crippen LogP contribution in [0.5, 0.6) is 0 Å². The van der Waals surface area contributed by atoms with E-state index in [1.807, 2.05) is 0 Å². The van der Waals surface area contributed by atoms with Crippen LogP contribution in [0, 0.1) is 5.92 Å². The molecule has 1 aromatic heterocycles. The van der Waals surface area contributed by atoms with Crippen LogP contribution in [-0.2, 0) is 0 Å². The van der Waals surface area contributed by atoms with Gasteiger partial charge in [-0.05, 0) is 18.9 Å². The second-order valence-electron chi connectivity index (χ2n) is 3.67. The van der Waals surface area contributed by atoms with Gasteiger partial charge < -0.3 is 5.32 Å². The Kier molecular flexibility index (Phi) is 4.21. The molecule has 0 saturated heterocycles. The van der Waals surface area contributed by atoms with E-state index in [-0.39, 0.29) is 0 Å². The Labute approximate surface area is 90.7 Å². The standard InChI is InChI=1S/C11H17ClN2/c1-4-8(2)9(3)14-11-7-13-6-5-10(11)12/h5-9,14H,4H2,1-3H3. The van der Waals surface area contributed by atoms with Gasteiger partial charge in [-0.1, -0.05) is 31.9 Å². The zero-order valence-corrected chi connectivity index (χ0v) is 9.67. The van der Waals surface area contributed by atoms with Crippen LogP contribution >= 0.6 is 11.6 Å². The smallest absolute Gasteiger partial charge is 0.0718 e. The molecule has 0 spiro atoms. The molecule has 0 aliphatic rings. The van der Waals surface area contributed by atoms with Crippen LogP contribution in [-0.4, -0.2) is 11.0 Å². The lowest BCUT2D eigenvalue weighted by Gasteiger charge is -2.21. The molecule has 0 fully saturated rings. The first kappa shape index (κ1) is 11.3. The molecule has 1 aromatic rings. The normalized spacial score (nSPS) is 14.9. The average molecular weight is 213 g/mol. The number of hydrogen-bond acceptors (Lipinski definition) is 2. The Balaban J connectivity index is 2.64.